The van der Waals surface area contributed by atoms with Crippen molar-refractivity contribution in [3.63, 3.8) is 0 Å². The van der Waals surface area contributed by atoms with Crippen molar-refractivity contribution < 1.29 is 9.32 Å². The molecule has 2 aliphatic heterocycles. The van der Waals surface area contributed by atoms with Crippen LogP contribution in [0.3, 0.4) is 0 Å². The van der Waals surface area contributed by atoms with Crippen LogP contribution in [0.4, 0.5) is 0 Å². The van der Waals surface area contributed by atoms with Crippen molar-refractivity contribution in [1.82, 2.24) is 29.7 Å². The van der Waals surface area contributed by atoms with Crippen molar-refractivity contribution in [2.24, 2.45) is 0 Å². The van der Waals surface area contributed by atoms with Crippen molar-refractivity contribution >= 4 is 5.91 Å². The van der Waals surface area contributed by atoms with E-state index in [1.807, 2.05) is 11.0 Å². The third-order valence-electron chi connectivity index (χ3n) is 6.82. The number of aromatic nitrogens is 4. The van der Waals surface area contributed by atoms with Crippen molar-refractivity contribution in [3.8, 4) is 0 Å². The molecule has 0 aromatic carbocycles. The first-order valence-corrected chi connectivity index (χ1v) is 11.1. The molecule has 1 amide bonds. The van der Waals surface area contributed by atoms with Crippen molar-refractivity contribution in [2.45, 2.75) is 69.9 Å². The lowest BCUT2D eigenvalue weighted by Gasteiger charge is -2.31. The molecule has 0 radical (unpaired) electrons. The van der Waals surface area contributed by atoms with E-state index < -0.39 is 0 Å². The summed E-state index contributed by atoms with van der Waals surface area (Å²) in [4.78, 5) is 17.2. The lowest BCUT2D eigenvalue weighted by molar-refractivity contribution is 0.0663. The van der Waals surface area contributed by atoms with E-state index in [0.717, 1.165) is 56.2 Å². The topological polar surface area (TPSA) is 80.3 Å². The van der Waals surface area contributed by atoms with E-state index in [2.05, 4.69) is 31.9 Å². The van der Waals surface area contributed by atoms with E-state index in [1.54, 1.807) is 0 Å². The number of carbonyl (C=O) groups excluding carboxylic acids is 1. The van der Waals surface area contributed by atoms with E-state index >= 15 is 0 Å². The molecule has 2 aromatic rings. The number of amides is 1. The maximum Gasteiger partial charge on any atom is 0.292 e. The second-order valence-corrected chi connectivity index (χ2v) is 8.91. The SMILES string of the molecule is CN1CCC[C@H](c2nnc3n2CCN(C(=O)c2cc(C4CCCCC4)no2)C3)C1. The number of hydrogen-bond acceptors (Lipinski definition) is 6. The summed E-state index contributed by atoms with van der Waals surface area (Å²) in [5, 5.41) is 13.1. The van der Waals surface area contributed by atoms with Gasteiger partial charge in [-0.15, -0.1) is 10.2 Å². The molecule has 4 heterocycles. The monoisotopic (exact) mass is 398 g/mol. The summed E-state index contributed by atoms with van der Waals surface area (Å²) >= 11 is 0. The molecule has 1 saturated carbocycles. The number of piperidine rings is 1. The number of rotatable bonds is 3. The molecule has 0 bridgehead atoms. The van der Waals surface area contributed by atoms with Gasteiger partial charge in [0.25, 0.3) is 5.91 Å². The van der Waals surface area contributed by atoms with E-state index in [4.69, 9.17) is 4.52 Å². The highest BCUT2D eigenvalue weighted by Crippen LogP contribution is 2.32. The molecule has 0 N–H and O–H groups in total. The molecule has 8 heteroatoms. The zero-order chi connectivity index (χ0) is 19.8. The Balaban J connectivity index is 1.27. The number of likely N-dealkylation sites (tertiary alicyclic amines) is 1. The van der Waals surface area contributed by atoms with E-state index in [9.17, 15) is 4.79 Å². The summed E-state index contributed by atoms with van der Waals surface area (Å²) in [6, 6.07) is 1.86. The summed E-state index contributed by atoms with van der Waals surface area (Å²) in [7, 11) is 2.17. The van der Waals surface area contributed by atoms with Crippen LogP contribution in [0.2, 0.25) is 0 Å². The summed E-state index contributed by atoms with van der Waals surface area (Å²) in [6.45, 7) is 4.06. The molecule has 156 valence electrons. The number of fused-ring (bicyclic) bond motifs is 1. The minimum Gasteiger partial charge on any atom is -0.351 e. The quantitative estimate of drug-likeness (QED) is 0.791. The Hall–Kier alpha value is -2.22. The molecule has 2 aromatic heterocycles. The lowest BCUT2D eigenvalue weighted by Crippen LogP contribution is -2.39. The average molecular weight is 399 g/mol. The van der Waals surface area contributed by atoms with Crippen LogP contribution in [0.15, 0.2) is 10.6 Å². The molecule has 1 saturated heterocycles. The zero-order valence-electron chi connectivity index (χ0n) is 17.2. The highest BCUT2D eigenvalue weighted by atomic mass is 16.5. The highest BCUT2D eigenvalue weighted by Gasteiger charge is 2.31. The zero-order valence-corrected chi connectivity index (χ0v) is 17.2. The van der Waals surface area contributed by atoms with E-state index in [0.29, 0.717) is 30.7 Å². The van der Waals surface area contributed by atoms with Crippen LogP contribution in [0.5, 0.6) is 0 Å². The van der Waals surface area contributed by atoms with Gasteiger partial charge in [-0.2, -0.15) is 0 Å². The Morgan fingerprint density at radius 1 is 1.03 bits per heavy atom. The van der Waals surface area contributed by atoms with Gasteiger partial charge in [-0.05, 0) is 39.3 Å². The summed E-state index contributed by atoms with van der Waals surface area (Å²) < 4.78 is 7.67. The van der Waals surface area contributed by atoms with Crippen molar-refractivity contribution in [3.05, 3.63) is 29.2 Å². The largest absolute Gasteiger partial charge is 0.351 e. The van der Waals surface area contributed by atoms with Crippen molar-refractivity contribution in [1.29, 1.82) is 0 Å². The van der Waals surface area contributed by atoms with Crippen LogP contribution in [-0.2, 0) is 13.1 Å². The van der Waals surface area contributed by atoms with Gasteiger partial charge in [0.1, 0.15) is 5.82 Å². The van der Waals surface area contributed by atoms with Gasteiger partial charge >= 0.3 is 0 Å². The number of likely N-dealkylation sites (N-methyl/N-ethyl adjacent to an activating group) is 1. The van der Waals surface area contributed by atoms with E-state index in [1.165, 1.54) is 25.7 Å². The van der Waals surface area contributed by atoms with Crippen LogP contribution in [0, 0.1) is 0 Å². The van der Waals surface area contributed by atoms with Gasteiger partial charge in [0, 0.05) is 37.5 Å². The molecular weight excluding hydrogens is 368 g/mol. The summed E-state index contributed by atoms with van der Waals surface area (Å²) in [6.07, 6.45) is 8.42. The predicted molar refractivity (Wildman–Crippen MR) is 107 cm³/mol. The van der Waals surface area contributed by atoms with E-state index in [-0.39, 0.29) is 5.91 Å². The first-order valence-electron chi connectivity index (χ1n) is 11.1. The Kier molecular flexibility index (Phi) is 5.11. The third-order valence-corrected chi connectivity index (χ3v) is 6.82. The van der Waals surface area contributed by atoms with Crippen LogP contribution in [0.25, 0.3) is 0 Å². The molecule has 1 aliphatic carbocycles. The van der Waals surface area contributed by atoms with Gasteiger partial charge in [-0.1, -0.05) is 24.4 Å². The minimum atomic E-state index is -0.0900. The fourth-order valence-corrected chi connectivity index (χ4v) is 5.17. The number of nitrogens with zero attached hydrogens (tertiary/aromatic N) is 6. The Bertz CT molecular complexity index is 868. The maximum absolute atomic E-state index is 13.0. The number of carbonyl (C=O) groups is 1. The van der Waals surface area contributed by atoms with Gasteiger partial charge in [0.05, 0.1) is 12.2 Å². The van der Waals surface area contributed by atoms with Gasteiger partial charge in [0.15, 0.2) is 5.82 Å². The smallest absolute Gasteiger partial charge is 0.292 e. The second kappa shape index (κ2) is 7.89. The third kappa shape index (κ3) is 3.70. The molecule has 1 atom stereocenters. The molecule has 5 rings (SSSR count). The normalized spacial score (nSPS) is 23.9. The van der Waals surface area contributed by atoms with Gasteiger partial charge in [-0.25, -0.2) is 0 Å². The Morgan fingerprint density at radius 2 is 1.86 bits per heavy atom. The minimum absolute atomic E-state index is 0.0900. The molecule has 8 nitrogen and oxygen atoms in total. The lowest BCUT2D eigenvalue weighted by atomic mass is 9.87. The number of hydrogen-bond donors (Lipinski definition) is 0. The van der Waals surface area contributed by atoms with Crippen molar-refractivity contribution in [2.75, 3.05) is 26.7 Å². The van der Waals surface area contributed by atoms with Gasteiger partial charge < -0.3 is 18.9 Å². The first kappa shape index (κ1) is 18.8. The van der Waals surface area contributed by atoms with Crippen LogP contribution < -0.4 is 0 Å². The first-order chi connectivity index (χ1) is 14.2. The fraction of sp³-hybridized carbons (Fsp3) is 0.714. The standard InChI is InChI=1S/C21H30N6O2/c1-25-9-5-8-16(13-25)20-23-22-19-14-26(10-11-27(19)20)21(28)18-12-17(24-29-18)15-6-3-2-4-7-15/h12,15-16H,2-11,13-14H2,1H3/t16-/m0/s1. The maximum atomic E-state index is 13.0. The Labute approximate surface area is 171 Å². The molecule has 29 heavy (non-hydrogen) atoms. The molecule has 0 spiro atoms. The van der Waals surface area contributed by atoms with Gasteiger partial charge in [-0.3, -0.25) is 4.79 Å². The average Bonchev–Trinajstić information content (AvgIpc) is 3.41. The summed E-state index contributed by atoms with van der Waals surface area (Å²) in [5.74, 6) is 3.09. The second-order valence-electron chi connectivity index (χ2n) is 8.91. The van der Waals surface area contributed by atoms with Crippen LogP contribution >= 0.6 is 0 Å². The van der Waals surface area contributed by atoms with Crippen LogP contribution in [-0.4, -0.2) is 62.3 Å². The van der Waals surface area contributed by atoms with Crippen LogP contribution in [0.1, 0.15) is 84.7 Å². The molecule has 2 fully saturated rings. The van der Waals surface area contributed by atoms with Gasteiger partial charge in [0.2, 0.25) is 5.76 Å². The highest BCUT2D eigenvalue weighted by molar-refractivity contribution is 5.91. The Morgan fingerprint density at radius 3 is 2.69 bits per heavy atom. The fourth-order valence-electron chi connectivity index (χ4n) is 5.17. The predicted octanol–water partition coefficient (Wildman–Crippen LogP) is 2.78. The summed E-state index contributed by atoms with van der Waals surface area (Å²) in [5.41, 5.74) is 0.942. The molecule has 0 unspecified atom stereocenters. The molecular formula is C21H30N6O2. The molecule has 3 aliphatic rings.